The summed E-state index contributed by atoms with van der Waals surface area (Å²) >= 11 is 1.21. The summed E-state index contributed by atoms with van der Waals surface area (Å²) in [5, 5.41) is 0. The van der Waals surface area contributed by atoms with Gasteiger partial charge in [0.2, 0.25) is 0 Å². The van der Waals surface area contributed by atoms with Crippen molar-refractivity contribution in [2.75, 3.05) is 16.7 Å². The lowest BCUT2D eigenvalue weighted by Crippen LogP contribution is -2.06. The fourth-order valence-electron chi connectivity index (χ4n) is 0.992. The fraction of sp³-hybridized carbons (Fsp3) is 0.250. The SMILES string of the molecule is CSNc1cc(N)cc(C(F)(F)F)c1. The number of benzene rings is 1. The molecule has 1 rings (SSSR count). The Morgan fingerprint density at radius 1 is 1.29 bits per heavy atom. The molecule has 14 heavy (non-hydrogen) atoms. The van der Waals surface area contributed by atoms with Gasteiger partial charge >= 0.3 is 6.18 Å². The zero-order valence-electron chi connectivity index (χ0n) is 7.35. The van der Waals surface area contributed by atoms with Gasteiger partial charge in [0.15, 0.2) is 0 Å². The lowest BCUT2D eigenvalue weighted by molar-refractivity contribution is -0.137. The molecule has 0 atom stereocenters. The van der Waals surface area contributed by atoms with Crippen molar-refractivity contribution >= 4 is 23.3 Å². The summed E-state index contributed by atoms with van der Waals surface area (Å²) in [5.74, 6) is 0. The van der Waals surface area contributed by atoms with Crippen LogP contribution in [0.3, 0.4) is 0 Å². The second-order valence-corrected chi connectivity index (χ2v) is 3.26. The van der Waals surface area contributed by atoms with Crippen LogP contribution in [0.5, 0.6) is 0 Å². The highest BCUT2D eigenvalue weighted by atomic mass is 32.2. The Bertz CT molecular complexity index is 325. The maximum absolute atomic E-state index is 12.3. The van der Waals surface area contributed by atoms with E-state index in [2.05, 4.69) is 4.72 Å². The minimum atomic E-state index is -4.36. The van der Waals surface area contributed by atoms with Crippen molar-refractivity contribution in [3.05, 3.63) is 23.8 Å². The molecule has 0 unspecified atom stereocenters. The molecule has 0 heterocycles. The van der Waals surface area contributed by atoms with Crippen LogP contribution < -0.4 is 10.5 Å². The van der Waals surface area contributed by atoms with Crippen LogP contribution in [0.2, 0.25) is 0 Å². The van der Waals surface area contributed by atoms with Gasteiger partial charge < -0.3 is 10.5 Å². The number of halogens is 3. The summed E-state index contributed by atoms with van der Waals surface area (Å²) in [6.07, 6.45) is -2.64. The summed E-state index contributed by atoms with van der Waals surface area (Å²) < 4.78 is 39.6. The van der Waals surface area contributed by atoms with Crippen LogP contribution in [0, 0.1) is 0 Å². The van der Waals surface area contributed by atoms with Crippen LogP contribution in [-0.2, 0) is 6.18 Å². The van der Waals surface area contributed by atoms with E-state index in [0.29, 0.717) is 5.69 Å². The first-order valence-electron chi connectivity index (χ1n) is 3.70. The maximum Gasteiger partial charge on any atom is 0.416 e. The quantitative estimate of drug-likeness (QED) is 0.596. The highest BCUT2D eigenvalue weighted by Gasteiger charge is 2.30. The van der Waals surface area contributed by atoms with Crippen LogP contribution in [-0.4, -0.2) is 6.26 Å². The molecule has 0 saturated heterocycles. The molecule has 0 saturated carbocycles. The lowest BCUT2D eigenvalue weighted by atomic mass is 10.2. The van der Waals surface area contributed by atoms with E-state index < -0.39 is 11.7 Å². The Kier molecular flexibility index (Phi) is 3.15. The number of rotatable bonds is 2. The zero-order chi connectivity index (χ0) is 10.8. The van der Waals surface area contributed by atoms with Crippen molar-refractivity contribution in [2.45, 2.75) is 6.18 Å². The van der Waals surface area contributed by atoms with Crippen LogP contribution in [0.25, 0.3) is 0 Å². The van der Waals surface area contributed by atoms with Crippen molar-refractivity contribution in [1.82, 2.24) is 0 Å². The Balaban J connectivity index is 3.07. The molecule has 0 amide bonds. The summed E-state index contributed by atoms with van der Waals surface area (Å²) in [6, 6.07) is 3.38. The van der Waals surface area contributed by atoms with Crippen LogP contribution in [0.1, 0.15) is 5.56 Å². The number of nitrogens with two attached hydrogens (primary N) is 1. The molecule has 0 bridgehead atoms. The average Bonchev–Trinajstić information content (AvgIpc) is 2.02. The number of hydrogen-bond donors (Lipinski definition) is 2. The molecule has 3 N–H and O–H groups in total. The predicted octanol–water partition coefficient (Wildman–Crippen LogP) is 2.98. The highest BCUT2D eigenvalue weighted by Crippen LogP contribution is 2.32. The van der Waals surface area contributed by atoms with Crippen LogP contribution >= 0.6 is 11.9 Å². The summed E-state index contributed by atoms with van der Waals surface area (Å²) in [4.78, 5) is 0. The largest absolute Gasteiger partial charge is 0.416 e. The molecule has 0 aromatic heterocycles. The van der Waals surface area contributed by atoms with Gasteiger partial charge in [0.1, 0.15) is 0 Å². The van der Waals surface area contributed by atoms with Gasteiger partial charge in [0, 0.05) is 17.6 Å². The van der Waals surface area contributed by atoms with Crippen molar-refractivity contribution in [2.24, 2.45) is 0 Å². The first kappa shape index (κ1) is 11.0. The van der Waals surface area contributed by atoms with E-state index in [-0.39, 0.29) is 5.69 Å². The van der Waals surface area contributed by atoms with Crippen LogP contribution in [0.4, 0.5) is 24.5 Å². The maximum atomic E-state index is 12.3. The Labute approximate surface area is 83.8 Å². The van der Waals surface area contributed by atoms with E-state index in [4.69, 9.17) is 5.73 Å². The standard InChI is InChI=1S/C8H9F3N2S/c1-14-13-7-3-5(8(9,10)11)2-6(12)4-7/h2-4,13H,12H2,1H3. The monoisotopic (exact) mass is 222 g/mol. The molecule has 0 aliphatic rings. The lowest BCUT2D eigenvalue weighted by Gasteiger charge is -2.10. The minimum Gasteiger partial charge on any atom is -0.399 e. The molecular weight excluding hydrogens is 213 g/mol. The van der Waals surface area contributed by atoms with Crippen LogP contribution in [0.15, 0.2) is 18.2 Å². The van der Waals surface area contributed by atoms with Crippen molar-refractivity contribution in [3.63, 3.8) is 0 Å². The topological polar surface area (TPSA) is 38.0 Å². The van der Waals surface area contributed by atoms with Gasteiger partial charge in [0.25, 0.3) is 0 Å². The molecule has 78 valence electrons. The molecule has 0 fully saturated rings. The third-order valence-electron chi connectivity index (χ3n) is 1.50. The zero-order valence-corrected chi connectivity index (χ0v) is 8.17. The van der Waals surface area contributed by atoms with E-state index in [0.717, 1.165) is 12.1 Å². The molecule has 0 spiro atoms. The van der Waals surface area contributed by atoms with Crippen molar-refractivity contribution in [1.29, 1.82) is 0 Å². The number of nitrogens with one attached hydrogen (secondary N) is 1. The minimum absolute atomic E-state index is 0.0939. The second kappa shape index (κ2) is 4.00. The van der Waals surface area contributed by atoms with Gasteiger partial charge in [0.05, 0.1) is 5.56 Å². The van der Waals surface area contributed by atoms with E-state index in [9.17, 15) is 13.2 Å². The van der Waals surface area contributed by atoms with E-state index in [1.54, 1.807) is 6.26 Å². The van der Waals surface area contributed by atoms with Gasteiger partial charge in [-0.3, -0.25) is 0 Å². The normalized spacial score (nSPS) is 11.4. The molecule has 0 aliphatic carbocycles. The van der Waals surface area contributed by atoms with Crippen molar-refractivity contribution < 1.29 is 13.2 Å². The van der Waals surface area contributed by atoms with Gasteiger partial charge in [-0.25, -0.2) is 0 Å². The fourth-order valence-corrected chi connectivity index (χ4v) is 1.35. The average molecular weight is 222 g/mol. The van der Waals surface area contributed by atoms with Gasteiger partial charge in [-0.05, 0) is 18.2 Å². The molecule has 6 heteroatoms. The molecule has 2 nitrogen and oxygen atoms in total. The number of nitrogen functional groups attached to an aromatic ring is 1. The molecule has 1 aromatic carbocycles. The molecule has 0 radical (unpaired) electrons. The molecule has 0 aliphatic heterocycles. The highest BCUT2D eigenvalue weighted by molar-refractivity contribution is 7.99. The number of anilines is 2. The van der Waals surface area contributed by atoms with Gasteiger partial charge in [-0.2, -0.15) is 13.2 Å². The predicted molar refractivity (Wildman–Crippen MR) is 53.0 cm³/mol. The Hall–Kier alpha value is -1.04. The number of hydrogen-bond acceptors (Lipinski definition) is 3. The smallest absolute Gasteiger partial charge is 0.399 e. The first-order chi connectivity index (χ1) is 6.43. The Morgan fingerprint density at radius 2 is 1.93 bits per heavy atom. The summed E-state index contributed by atoms with van der Waals surface area (Å²) in [6.45, 7) is 0. The molecular formula is C8H9F3N2S. The third kappa shape index (κ3) is 2.73. The van der Waals surface area contributed by atoms with E-state index >= 15 is 0 Å². The van der Waals surface area contributed by atoms with E-state index in [1.165, 1.54) is 18.0 Å². The first-order valence-corrected chi connectivity index (χ1v) is 4.92. The summed E-state index contributed by atoms with van der Waals surface area (Å²) in [7, 11) is 0. The third-order valence-corrected chi connectivity index (χ3v) is 1.94. The van der Waals surface area contributed by atoms with E-state index in [1.807, 2.05) is 0 Å². The van der Waals surface area contributed by atoms with Gasteiger partial charge in [-0.1, -0.05) is 11.9 Å². The van der Waals surface area contributed by atoms with Crippen molar-refractivity contribution in [3.8, 4) is 0 Å². The Morgan fingerprint density at radius 3 is 2.43 bits per heavy atom. The number of alkyl halides is 3. The molecule has 1 aromatic rings. The van der Waals surface area contributed by atoms with Gasteiger partial charge in [-0.15, -0.1) is 0 Å². The summed E-state index contributed by atoms with van der Waals surface area (Å²) in [5.41, 5.74) is 5.04. The second-order valence-electron chi connectivity index (χ2n) is 2.65.